The van der Waals surface area contributed by atoms with Gasteiger partial charge in [0.25, 0.3) is 5.91 Å². The molecule has 0 radical (unpaired) electrons. The fourth-order valence-corrected chi connectivity index (χ4v) is 2.35. The number of nitrogens with zero attached hydrogens (tertiary/aromatic N) is 1. The zero-order chi connectivity index (χ0) is 18.2. The van der Waals surface area contributed by atoms with E-state index in [1.165, 1.54) is 7.11 Å². The monoisotopic (exact) mass is 342 g/mol. The van der Waals surface area contributed by atoms with Crippen molar-refractivity contribution in [2.75, 3.05) is 21.3 Å². The van der Waals surface area contributed by atoms with Crippen LogP contribution >= 0.6 is 0 Å². The smallest absolute Gasteiger partial charge is 0.273 e. The number of ether oxygens (including phenoxy) is 3. The maximum Gasteiger partial charge on any atom is 0.273 e. The fraction of sp³-hybridized carbons (Fsp3) is 0.263. The van der Waals surface area contributed by atoms with Gasteiger partial charge < -0.3 is 14.2 Å². The highest BCUT2D eigenvalue weighted by Gasteiger charge is 2.19. The minimum Gasteiger partial charge on any atom is -0.493 e. The maximum atomic E-state index is 12.3. The second kappa shape index (κ2) is 8.84. The van der Waals surface area contributed by atoms with E-state index in [1.54, 1.807) is 33.3 Å². The van der Waals surface area contributed by atoms with Gasteiger partial charge in [0.15, 0.2) is 17.6 Å². The van der Waals surface area contributed by atoms with Gasteiger partial charge in [0.2, 0.25) is 0 Å². The standard InChI is InChI=1S/C19H22N2O4/c1-13(15-10-11-16(23-2)17(12-15)24-3)20-21-19(22)18(25-4)14-8-6-5-7-9-14/h5-12,18H,1-4H3,(H,21,22). The molecule has 1 atom stereocenters. The molecule has 0 spiro atoms. The lowest BCUT2D eigenvalue weighted by atomic mass is 10.1. The van der Waals surface area contributed by atoms with Crippen molar-refractivity contribution >= 4 is 11.6 Å². The number of hydrogen-bond donors (Lipinski definition) is 1. The minimum absolute atomic E-state index is 0.339. The molecule has 0 fully saturated rings. The molecule has 1 N–H and O–H groups in total. The Kier molecular flexibility index (Phi) is 6.54. The number of methoxy groups -OCH3 is 3. The Morgan fingerprint density at radius 3 is 2.28 bits per heavy atom. The molecule has 132 valence electrons. The molecule has 0 heterocycles. The number of rotatable bonds is 7. The second-order valence-corrected chi connectivity index (χ2v) is 5.27. The van der Waals surface area contributed by atoms with Crippen LogP contribution < -0.4 is 14.9 Å². The zero-order valence-electron chi connectivity index (χ0n) is 14.8. The van der Waals surface area contributed by atoms with Crippen LogP contribution in [-0.4, -0.2) is 32.9 Å². The summed E-state index contributed by atoms with van der Waals surface area (Å²) < 4.78 is 15.8. The van der Waals surface area contributed by atoms with E-state index in [-0.39, 0.29) is 5.91 Å². The van der Waals surface area contributed by atoms with Crippen LogP contribution in [0, 0.1) is 0 Å². The molecule has 6 nitrogen and oxygen atoms in total. The van der Waals surface area contributed by atoms with Crippen LogP contribution in [0.25, 0.3) is 0 Å². The summed E-state index contributed by atoms with van der Waals surface area (Å²) in [4.78, 5) is 12.3. The van der Waals surface area contributed by atoms with Crippen molar-refractivity contribution in [3.05, 3.63) is 59.7 Å². The molecular formula is C19H22N2O4. The number of carbonyl (C=O) groups is 1. The van der Waals surface area contributed by atoms with Crippen molar-refractivity contribution < 1.29 is 19.0 Å². The predicted octanol–water partition coefficient (Wildman–Crippen LogP) is 2.93. The van der Waals surface area contributed by atoms with E-state index < -0.39 is 6.10 Å². The Morgan fingerprint density at radius 1 is 1.00 bits per heavy atom. The number of amides is 1. The molecule has 0 aliphatic carbocycles. The van der Waals surface area contributed by atoms with Crippen molar-refractivity contribution in [2.24, 2.45) is 5.10 Å². The molecule has 0 bridgehead atoms. The molecule has 6 heteroatoms. The average Bonchev–Trinajstić information content (AvgIpc) is 2.66. The number of hydrogen-bond acceptors (Lipinski definition) is 5. The van der Waals surface area contributed by atoms with Gasteiger partial charge in [0.05, 0.1) is 19.9 Å². The summed E-state index contributed by atoms with van der Waals surface area (Å²) in [5.74, 6) is 0.889. The normalized spacial score (nSPS) is 12.4. The third-order valence-corrected chi connectivity index (χ3v) is 3.71. The molecule has 0 aliphatic rings. The Balaban J connectivity index is 2.13. The van der Waals surface area contributed by atoms with Crippen LogP contribution in [-0.2, 0) is 9.53 Å². The highest BCUT2D eigenvalue weighted by Crippen LogP contribution is 2.27. The Labute approximate surface area is 147 Å². The third-order valence-electron chi connectivity index (χ3n) is 3.71. The van der Waals surface area contributed by atoms with Crippen molar-refractivity contribution in [1.29, 1.82) is 0 Å². The quantitative estimate of drug-likeness (QED) is 0.620. The van der Waals surface area contributed by atoms with Gasteiger partial charge in [-0.1, -0.05) is 30.3 Å². The summed E-state index contributed by atoms with van der Waals surface area (Å²) in [7, 11) is 4.63. The van der Waals surface area contributed by atoms with Gasteiger partial charge in [-0.15, -0.1) is 0 Å². The molecule has 2 aromatic rings. The summed E-state index contributed by atoms with van der Waals surface area (Å²) in [6, 6.07) is 14.7. The first-order chi connectivity index (χ1) is 12.1. The summed E-state index contributed by atoms with van der Waals surface area (Å²) in [6.45, 7) is 1.80. The molecule has 2 aromatic carbocycles. The summed E-state index contributed by atoms with van der Waals surface area (Å²) >= 11 is 0. The topological polar surface area (TPSA) is 69.2 Å². The van der Waals surface area contributed by atoms with Crippen LogP contribution in [0.15, 0.2) is 53.6 Å². The van der Waals surface area contributed by atoms with Gasteiger partial charge in [-0.3, -0.25) is 4.79 Å². The molecule has 2 rings (SSSR count). The van der Waals surface area contributed by atoms with Crippen LogP contribution in [0.3, 0.4) is 0 Å². The Morgan fingerprint density at radius 2 is 1.68 bits per heavy atom. The van der Waals surface area contributed by atoms with Gasteiger partial charge >= 0.3 is 0 Å². The van der Waals surface area contributed by atoms with Crippen molar-refractivity contribution in [2.45, 2.75) is 13.0 Å². The second-order valence-electron chi connectivity index (χ2n) is 5.27. The molecule has 25 heavy (non-hydrogen) atoms. The minimum atomic E-state index is -0.719. The molecule has 1 unspecified atom stereocenters. The molecular weight excluding hydrogens is 320 g/mol. The first-order valence-electron chi connectivity index (χ1n) is 7.75. The fourth-order valence-electron chi connectivity index (χ4n) is 2.35. The van der Waals surface area contributed by atoms with Crippen molar-refractivity contribution in [3.63, 3.8) is 0 Å². The molecule has 0 saturated carbocycles. The largest absolute Gasteiger partial charge is 0.493 e. The highest BCUT2D eigenvalue weighted by molar-refractivity contribution is 6.00. The van der Waals surface area contributed by atoms with Gasteiger partial charge in [-0.05, 0) is 30.7 Å². The van der Waals surface area contributed by atoms with Gasteiger partial charge in [-0.2, -0.15) is 5.10 Å². The third kappa shape index (κ3) is 4.58. The molecule has 0 saturated heterocycles. The molecule has 0 aromatic heterocycles. The van der Waals surface area contributed by atoms with Gasteiger partial charge in [-0.25, -0.2) is 5.43 Å². The zero-order valence-corrected chi connectivity index (χ0v) is 14.8. The lowest BCUT2D eigenvalue weighted by Gasteiger charge is -2.14. The van der Waals surface area contributed by atoms with Crippen LogP contribution in [0.4, 0.5) is 0 Å². The van der Waals surface area contributed by atoms with Gasteiger partial charge in [0, 0.05) is 12.7 Å². The number of benzene rings is 2. The summed E-state index contributed by atoms with van der Waals surface area (Å²) in [6.07, 6.45) is -0.719. The lowest BCUT2D eigenvalue weighted by molar-refractivity contribution is -0.131. The van der Waals surface area contributed by atoms with E-state index in [0.717, 1.165) is 11.1 Å². The Bertz CT molecular complexity index is 744. The predicted molar refractivity (Wildman–Crippen MR) is 96.1 cm³/mol. The molecule has 1 amide bonds. The number of carbonyl (C=O) groups excluding carboxylic acids is 1. The van der Waals surface area contributed by atoms with Crippen molar-refractivity contribution in [3.8, 4) is 11.5 Å². The average molecular weight is 342 g/mol. The van der Waals surface area contributed by atoms with Crippen LogP contribution in [0.1, 0.15) is 24.2 Å². The van der Waals surface area contributed by atoms with Gasteiger partial charge in [0.1, 0.15) is 0 Å². The van der Waals surface area contributed by atoms with E-state index in [2.05, 4.69) is 10.5 Å². The number of nitrogens with one attached hydrogen (secondary N) is 1. The van der Waals surface area contributed by atoms with E-state index in [0.29, 0.717) is 17.2 Å². The van der Waals surface area contributed by atoms with Crippen LogP contribution in [0.5, 0.6) is 11.5 Å². The van der Waals surface area contributed by atoms with E-state index in [4.69, 9.17) is 14.2 Å². The summed E-state index contributed by atoms with van der Waals surface area (Å²) in [5, 5.41) is 4.16. The summed E-state index contributed by atoms with van der Waals surface area (Å²) in [5.41, 5.74) is 4.76. The first-order valence-corrected chi connectivity index (χ1v) is 7.75. The van der Waals surface area contributed by atoms with Crippen molar-refractivity contribution in [1.82, 2.24) is 5.43 Å². The Hall–Kier alpha value is -2.86. The van der Waals surface area contributed by atoms with Crippen LogP contribution in [0.2, 0.25) is 0 Å². The number of hydrazone groups is 1. The van der Waals surface area contributed by atoms with E-state index >= 15 is 0 Å². The van der Waals surface area contributed by atoms with E-state index in [1.807, 2.05) is 36.4 Å². The SMILES string of the molecule is COc1ccc(C(C)=NNC(=O)C(OC)c2ccccc2)cc1OC. The highest BCUT2D eigenvalue weighted by atomic mass is 16.5. The maximum absolute atomic E-state index is 12.3. The van der Waals surface area contributed by atoms with E-state index in [9.17, 15) is 4.79 Å². The molecule has 0 aliphatic heterocycles. The first kappa shape index (κ1) is 18.5. The lowest BCUT2D eigenvalue weighted by Crippen LogP contribution is -2.27.